The minimum Gasteiger partial charge on any atom is -0.493 e. The molecule has 114 valence electrons. The van der Waals surface area contributed by atoms with E-state index in [4.69, 9.17) is 19.9 Å². The van der Waals surface area contributed by atoms with Crippen LogP contribution in [0, 0.1) is 6.92 Å². The number of hydrogen-bond acceptors (Lipinski definition) is 5. The number of nitrogen functional groups attached to an aromatic ring is 1. The Hall–Kier alpha value is -1.85. The van der Waals surface area contributed by atoms with Gasteiger partial charge in [0.15, 0.2) is 0 Å². The van der Waals surface area contributed by atoms with Gasteiger partial charge in [-0.3, -0.25) is 4.98 Å². The van der Waals surface area contributed by atoms with E-state index in [9.17, 15) is 0 Å². The number of ether oxygens (including phenoxy) is 3. The highest BCUT2D eigenvalue weighted by molar-refractivity contribution is 5.96. The van der Waals surface area contributed by atoms with E-state index < -0.39 is 0 Å². The van der Waals surface area contributed by atoms with Crippen molar-refractivity contribution in [1.82, 2.24) is 4.98 Å². The van der Waals surface area contributed by atoms with Gasteiger partial charge in [-0.2, -0.15) is 0 Å². The summed E-state index contributed by atoms with van der Waals surface area (Å²) in [6, 6.07) is 5.75. The van der Waals surface area contributed by atoms with Crippen LogP contribution in [-0.2, 0) is 9.47 Å². The molecule has 1 heterocycles. The van der Waals surface area contributed by atoms with Gasteiger partial charge in [0.05, 0.1) is 19.8 Å². The summed E-state index contributed by atoms with van der Waals surface area (Å²) < 4.78 is 16.2. The number of pyridine rings is 1. The Kier molecular flexibility index (Phi) is 5.78. The van der Waals surface area contributed by atoms with Gasteiger partial charge in [0.2, 0.25) is 0 Å². The number of rotatable bonds is 8. The third-order valence-electron chi connectivity index (χ3n) is 3.15. The standard InChI is InChI=1S/C16H22N2O3/c1-12-10-13-14(11-18-12)15(17)4-5-16(13)21-7-3-6-20-9-8-19-2/h4-5,10-11H,3,6-9,17H2,1-2H3. The van der Waals surface area contributed by atoms with Crippen LogP contribution in [-0.4, -0.2) is 38.5 Å². The number of hydrogen-bond donors (Lipinski definition) is 1. The lowest BCUT2D eigenvalue weighted by atomic mass is 10.1. The second-order valence-electron chi connectivity index (χ2n) is 4.83. The molecule has 0 amide bonds. The molecule has 0 radical (unpaired) electrons. The zero-order valence-corrected chi connectivity index (χ0v) is 12.6. The van der Waals surface area contributed by atoms with Crippen molar-refractivity contribution < 1.29 is 14.2 Å². The Morgan fingerprint density at radius 3 is 2.76 bits per heavy atom. The quantitative estimate of drug-likeness (QED) is 0.598. The molecule has 0 aliphatic rings. The Bertz CT molecular complexity index is 587. The fourth-order valence-electron chi connectivity index (χ4n) is 2.05. The average molecular weight is 290 g/mol. The van der Waals surface area contributed by atoms with Crippen molar-refractivity contribution in [2.45, 2.75) is 13.3 Å². The lowest BCUT2D eigenvalue weighted by molar-refractivity contribution is 0.0645. The topological polar surface area (TPSA) is 66.6 Å². The van der Waals surface area contributed by atoms with Crippen molar-refractivity contribution in [3.8, 4) is 5.75 Å². The van der Waals surface area contributed by atoms with Crippen LogP contribution in [0.5, 0.6) is 5.75 Å². The first-order valence-electron chi connectivity index (χ1n) is 7.06. The van der Waals surface area contributed by atoms with Crippen molar-refractivity contribution >= 4 is 16.5 Å². The highest BCUT2D eigenvalue weighted by Crippen LogP contribution is 2.30. The van der Waals surface area contributed by atoms with Crippen LogP contribution >= 0.6 is 0 Å². The molecule has 0 aliphatic heterocycles. The van der Waals surface area contributed by atoms with E-state index >= 15 is 0 Å². The van der Waals surface area contributed by atoms with Crippen LogP contribution in [0.4, 0.5) is 5.69 Å². The largest absolute Gasteiger partial charge is 0.493 e. The molecule has 0 spiro atoms. The van der Waals surface area contributed by atoms with Crippen LogP contribution in [0.3, 0.4) is 0 Å². The highest BCUT2D eigenvalue weighted by atomic mass is 16.5. The monoisotopic (exact) mass is 290 g/mol. The molecule has 5 heteroatoms. The number of methoxy groups -OCH3 is 1. The van der Waals surface area contributed by atoms with Gasteiger partial charge in [-0.15, -0.1) is 0 Å². The zero-order valence-electron chi connectivity index (χ0n) is 12.6. The fraction of sp³-hybridized carbons (Fsp3) is 0.438. The number of fused-ring (bicyclic) bond motifs is 1. The van der Waals surface area contributed by atoms with E-state index in [2.05, 4.69) is 4.98 Å². The van der Waals surface area contributed by atoms with Gasteiger partial charge in [-0.05, 0) is 25.1 Å². The Balaban J connectivity index is 1.93. The minimum atomic E-state index is 0.605. The Morgan fingerprint density at radius 2 is 1.95 bits per heavy atom. The summed E-state index contributed by atoms with van der Waals surface area (Å²) in [6.45, 7) is 4.46. The van der Waals surface area contributed by atoms with E-state index in [1.807, 2.05) is 25.1 Å². The summed E-state index contributed by atoms with van der Waals surface area (Å²) in [5, 5.41) is 1.93. The van der Waals surface area contributed by atoms with Crippen molar-refractivity contribution in [2.75, 3.05) is 39.3 Å². The molecule has 2 aromatic rings. The number of anilines is 1. The van der Waals surface area contributed by atoms with Gasteiger partial charge in [0, 0.05) is 48.5 Å². The third kappa shape index (κ3) is 4.31. The zero-order chi connectivity index (χ0) is 15.1. The maximum atomic E-state index is 5.97. The van der Waals surface area contributed by atoms with Crippen LogP contribution in [0.25, 0.3) is 10.8 Å². The van der Waals surface area contributed by atoms with Gasteiger partial charge < -0.3 is 19.9 Å². The second-order valence-corrected chi connectivity index (χ2v) is 4.83. The first-order valence-corrected chi connectivity index (χ1v) is 7.06. The molecule has 0 saturated carbocycles. The molecule has 0 atom stereocenters. The van der Waals surface area contributed by atoms with Crippen molar-refractivity contribution in [3.05, 3.63) is 30.1 Å². The minimum absolute atomic E-state index is 0.605. The predicted molar refractivity (Wildman–Crippen MR) is 83.7 cm³/mol. The molecule has 0 fully saturated rings. The predicted octanol–water partition coefficient (Wildman–Crippen LogP) is 2.56. The van der Waals surface area contributed by atoms with Gasteiger partial charge in [0.1, 0.15) is 5.75 Å². The lowest BCUT2D eigenvalue weighted by Gasteiger charge is -2.11. The van der Waals surface area contributed by atoms with Crippen molar-refractivity contribution in [2.24, 2.45) is 0 Å². The molecule has 1 aromatic carbocycles. The molecule has 0 aliphatic carbocycles. The molecule has 2 rings (SSSR count). The van der Waals surface area contributed by atoms with E-state index in [0.29, 0.717) is 32.1 Å². The van der Waals surface area contributed by atoms with Crippen LogP contribution in [0.2, 0.25) is 0 Å². The van der Waals surface area contributed by atoms with Crippen LogP contribution in [0.1, 0.15) is 12.1 Å². The third-order valence-corrected chi connectivity index (χ3v) is 3.15. The molecule has 0 bridgehead atoms. The van der Waals surface area contributed by atoms with E-state index in [1.54, 1.807) is 13.3 Å². The summed E-state index contributed by atoms with van der Waals surface area (Å²) >= 11 is 0. The highest BCUT2D eigenvalue weighted by Gasteiger charge is 2.06. The van der Waals surface area contributed by atoms with Crippen LogP contribution in [0.15, 0.2) is 24.4 Å². The van der Waals surface area contributed by atoms with Crippen molar-refractivity contribution in [1.29, 1.82) is 0 Å². The molecule has 5 nitrogen and oxygen atoms in total. The fourth-order valence-corrected chi connectivity index (χ4v) is 2.05. The first-order chi connectivity index (χ1) is 10.2. The van der Waals surface area contributed by atoms with Gasteiger partial charge in [-0.1, -0.05) is 0 Å². The molecule has 21 heavy (non-hydrogen) atoms. The summed E-state index contributed by atoms with van der Waals surface area (Å²) in [7, 11) is 1.66. The first kappa shape index (κ1) is 15.5. The van der Waals surface area contributed by atoms with E-state index in [-0.39, 0.29) is 0 Å². The van der Waals surface area contributed by atoms with Gasteiger partial charge in [0.25, 0.3) is 0 Å². The summed E-state index contributed by atoms with van der Waals surface area (Å²) in [6.07, 6.45) is 2.63. The average Bonchev–Trinajstić information content (AvgIpc) is 2.48. The number of benzene rings is 1. The van der Waals surface area contributed by atoms with Gasteiger partial charge in [-0.25, -0.2) is 0 Å². The molecule has 1 aromatic heterocycles. The second kappa shape index (κ2) is 7.81. The maximum Gasteiger partial charge on any atom is 0.127 e. The summed E-state index contributed by atoms with van der Waals surface area (Å²) in [4.78, 5) is 4.28. The number of nitrogens with zero attached hydrogens (tertiary/aromatic N) is 1. The lowest BCUT2D eigenvalue weighted by Crippen LogP contribution is -2.07. The van der Waals surface area contributed by atoms with Crippen LogP contribution < -0.4 is 10.5 Å². The number of aromatic nitrogens is 1. The van der Waals surface area contributed by atoms with Gasteiger partial charge >= 0.3 is 0 Å². The Labute approximate surface area is 125 Å². The summed E-state index contributed by atoms with van der Waals surface area (Å²) in [5.41, 5.74) is 7.63. The van der Waals surface area contributed by atoms with E-state index in [0.717, 1.165) is 28.6 Å². The molecule has 0 unspecified atom stereocenters. The molecular weight excluding hydrogens is 268 g/mol. The smallest absolute Gasteiger partial charge is 0.127 e. The van der Waals surface area contributed by atoms with Crippen molar-refractivity contribution in [3.63, 3.8) is 0 Å². The molecular formula is C16H22N2O3. The normalized spacial score (nSPS) is 11.0. The maximum absolute atomic E-state index is 5.97. The SMILES string of the molecule is COCCOCCCOc1ccc(N)c2cnc(C)cc12. The molecule has 0 saturated heterocycles. The number of aryl methyl sites for hydroxylation is 1. The molecule has 2 N–H and O–H groups in total. The number of nitrogens with two attached hydrogens (primary N) is 1. The van der Waals surface area contributed by atoms with E-state index in [1.165, 1.54) is 0 Å². The Morgan fingerprint density at radius 1 is 1.10 bits per heavy atom. The summed E-state index contributed by atoms with van der Waals surface area (Å²) in [5.74, 6) is 0.835.